The molecule has 0 amide bonds. The highest BCUT2D eigenvalue weighted by Crippen LogP contribution is 2.23. The Kier molecular flexibility index (Phi) is 4.77. The number of hydrogen-bond donors (Lipinski definition) is 0. The van der Waals surface area contributed by atoms with E-state index >= 15 is 0 Å². The minimum absolute atomic E-state index is 0.0723. The molecule has 0 atom stereocenters. The third-order valence-electron chi connectivity index (χ3n) is 3.16. The van der Waals surface area contributed by atoms with Crippen LogP contribution in [0.3, 0.4) is 0 Å². The largest absolute Gasteiger partial charge is 0.497 e. The molecule has 0 spiro atoms. The highest BCUT2D eigenvalue weighted by atomic mass is 16.5. The van der Waals surface area contributed by atoms with Gasteiger partial charge < -0.3 is 9.47 Å². The van der Waals surface area contributed by atoms with Crippen molar-refractivity contribution in [2.45, 2.75) is 6.92 Å². The Hall–Kier alpha value is -2.55. The molecule has 0 heterocycles. The molecule has 3 heteroatoms. The van der Waals surface area contributed by atoms with Crippen LogP contribution in [-0.4, -0.2) is 20.0 Å². The molecule has 2 aromatic rings. The Balaban J connectivity index is 2.22. The van der Waals surface area contributed by atoms with Crippen molar-refractivity contribution in [2.24, 2.45) is 0 Å². The van der Waals surface area contributed by atoms with E-state index in [1.807, 2.05) is 54.6 Å². The van der Waals surface area contributed by atoms with E-state index in [0.717, 1.165) is 28.2 Å². The van der Waals surface area contributed by atoms with Crippen molar-refractivity contribution in [1.82, 2.24) is 0 Å². The predicted molar refractivity (Wildman–Crippen MR) is 84.9 cm³/mol. The third kappa shape index (κ3) is 3.96. The fraction of sp³-hybridized carbons (Fsp3) is 0.167. The maximum Gasteiger partial charge on any atom is 0.159 e. The smallest absolute Gasteiger partial charge is 0.159 e. The molecule has 0 unspecified atom stereocenters. The van der Waals surface area contributed by atoms with Gasteiger partial charge in [0.25, 0.3) is 0 Å². The molecular weight excluding hydrogens is 264 g/mol. The molecule has 0 fully saturated rings. The lowest BCUT2D eigenvalue weighted by molar-refractivity contribution is 0.101. The van der Waals surface area contributed by atoms with Crippen LogP contribution in [0.2, 0.25) is 0 Å². The van der Waals surface area contributed by atoms with E-state index in [9.17, 15) is 4.79 Å². The van der Waals surface area contributed by atoms with Crippen molar-refractivity contribution in [2.75, 3.05) is 14.2 Å². The molecule has 108 valence electrons. The standard InChI is InChI=1S/C18H18O3/c1-13(19)16-8-6-14(7-9-16)4-5-15-10-17(20-2)12-18(11-15)21-3/h4-12H,1-3H3/b5-4+. The maximum atomic E-state index is 11.2. The fourth-order valence-corrected chi connectivity index (χ4v) is 1.95. The number of carbonyl (C=O) groups excluding carboxylic acids is 1. The van der Waals surface area contributed by atoms with Gasteiger partial charge in [-0.25, -0.2) is 0 Å². The molecule has 0 aliphatic heterocycles. The number of hydrogen-bond acceptors (Lipinski definition) is 3. The van der Waals surface area contributed by atoms with Gasteiger partial charge in [-0.3, -0.25) is 4.79 Å². The summed E-state index contributed by atoms with van der Waals surface area (Å²) in [6, 6.07) is 13.2. The van der Waals surface area contributed by atoms with Crippen molar-refractivity contribution in [3.05, 3.63) is 59.2 Å². The van der Waals surface area contributed by atoms with Crippen LogP contribution in [0.5, 0.6) is 11.5 Å². The Bertz CT molecular complexity index is 632. The molecule has 0 saturated heterocycles. The van der Waals surface area contributed by atoms with E-state index in [4.69, 9.17) is 9.47 Å². The van der Waals surface area contributed by atoms with Gasteiger partial charge in [0, 0.05) is 11.6 Å². The third-order valence-corrected chi connectivity index (χ3v) is 3.16. The second-order valence-electron chi connectivity index (χ2n) is 4.66. The molecule has 0 aromatic heterocycles. The van der Waals surface area contributed by atoms with Crippen molar-refractivity contribution in [1.29, 1.82) is 0 Å². The summed E-state index contributed by atoms with van der Waals surface area (Å²) in [6.45, 7) is 1.56. The van der Waals surface area contributed by atoms with E-state index in [-0.39, 0.29) is 5.78 Å². The van der Waals surface area contributed by atoms with Crippen molar-refractivity contribution in [3.63, 3.8) is 0 Å². The maximum absolute atomic E-state index is 11.2. The summed E-state index contributed by atoms with van der Waals surface area (Å²) < 4.78 is 10.5. The first-order valence-electron chi connectivity index (χ1n) is 6.64. The van der Waals surface area contributed by atoms with Crippen molar-refractivity contribution < 1.29 is 14.3 Å². The van der Waals surface area contributed by atoms with E-state index in [2.05, 4.69) is 0 Å². The summed E-state index contributed by atoms with van der Waals surface area (Å²) in [5.74, 6) is 1.57. The monoisotopic (exact) mass is 282 g/mol. The number of carbonyl (C=O) groups is 1. The molecule has 3 nitrogen and oxygen atoms in total. The average Bonchev–Trinajstić information content (AvgIpc) is 2.52. The van der Waals surface area contributed by atoms with Crippen LogP contribution in [-0.2, 0) is 0 Å². The first-order valence-corrected chi connectivity index (χ1v) is 6.64. The highest BCUT2D eigenvalue weighted by Gasteiger charge is 2.00. The summed E-state index contributed by atoms with van der Waals surface area (Å²) >= 11 is 0. The summed E-state index contributed by atoms with van der Waals surface area (Å²) in [5.41, 5.74) is 2.74. The Morgan fingerprint density at radius 1 is 0.857 bits per heavy atom. The minimum atomic E-state index is 0.0723. The van der Waals surface area contributed by atoms with E-state index in [1.54, 1.807) is 21.1 Å². The van der Waals surface area contributed by atoms with Crippen LogP contribution in [0.15, 0.2) is 42.5 Å². The topological polar surface area (TPSA) is 35.5 Å². The van der Waals surface area contributed by atoms with Crippen molar-refractivity contribution in [3.8, 4) is 11.5 Å². The molecule has 2 rings (SSSR count). The van der Waals surface area contributed by atoms with Gasteiger partial charge in [-0.15, -0.1) is 0 Å². The average molecular weight is 282 g/mol. The van der Waals surface area contributed by atoms with Gasteiger partial charge in [-0.2, -0.15) is 0 Å². The number of ether oxygens (including phenoxy) is 2. The zero-order valence-corrected chi connectivity index (χ0v) is 12.4. The minimum Gasteiger partial charge on any atom is -0.497 e. The molecule has 2 aromatic carbocycles. The summed E-state index contributed by atoms with van der Waals surface area (Å²) in [5, 5.41) is 0. The lowest BCUT2D eigenvalue weighted by Gasteiger charge is -2.05. The van der Waals surface area contributed by atoms with Gasteiger partial charge in [-0.05, 0) is 30.2 Å². The molecule has 21 heavy (non-hydrogen) atoms. The highest BCUT2D eigenvalue weighted by molar-refractivity contribution is 5.94. The molecule has 0 N–H and O–H groups in total. The van der Waals surface area contributed by atoms with Gasteiger partial charge >= 0.3 is 0 Å². The number of ketones is 1. The van der Waals surface area contributed by atoms with Crippen LogP contribution in [0.4, 0.5) is 0 Å². The van der Waals surface area contributed by atoms with Crippen molar-refractivity contribution >= 4 is 17.9 Å². The number of rotatable bonds is 5. The van der Waals surface area contributed by atoms with Gasteiger partial charge in [0.1, 0.15) is 11.5 Å². The zero-order chi connectivity index (χ0) is 15.2. The first kappa shape index (κ1) is 14.9. The van der Waals surface area contributed by atoms with Gasteiger partial charge in [0.15, 0.2) is 5.78 Å². The normalized spacial score (nSPS) is 10.6. The van der Waals surface area contributed by atoms with Gasteiger partial charge in [0.2, 0.25) is 0 Å². The second kappa shape index (κ2) is 6.75. The number of benzene rings is 2. The van der Waals surface area contributed by atoms with Crippen LogP contribution < -0.4 is 9.47 Å². The molecule has 0 aliphatic rings. The number of Topliss-reactive ketones (excluding diaryl/α,β-unsaturated/α-hetero) is 1. The number of methoxy groups -OCH3 is 2. The Morgan fingerprint density at radius 3 is 1.86 bits per heavy atom. The first-order chi connectivity index (χ1) is 10.1. The Labute approximate surface area is 124 Å². The second-order valence-corrected chi connectivity index (χ2v) is 4.66. The zero-order valence-electron chi connectivity index (χ0n) is 12.4. The lowest BCUT2D eigenvalue weighted by atomic mass is 10.1. The van der Waals surface area contributed by atoms with Crippen LogP contribution in [0.25, 0.3) is 12.2 Å². The molecule has 0 saturated carbocycles. The van der Waals surface area contributed by atoms with Crippen LogP contribution in [0, 0.1) is 0 Å². The molecular formula is C18H18O3. The molecule has 0 radical (unpaired) electrons. The van der Waals surface area contributed by atoms with Crippen LogP contribution >= 0.6 is 0 Å². The lowest BCUT2D eigenvalue weighted by Crippen LogP contribution is -1.90. The predicted octanol–water partition coefficient (Wildman–Crippen LogP) is 4.08. The Morgan fingerprint density at radius 2 is 1.38 bits per heavy atom. The van der Waals surface area contributed by atoms with Crippen LogP contribution in [0.1, 0.15) is 28.4 Å². The van der Waals surface area contributed by atoms with Gasteiger partial charge in [-0.1, -0.05) is 36.4 Å². The summed E-state index contributed by atoms with van der Waals surface area (Å²) in [6.07, 6.45) is 3.96. The quantitative estimate of drug-likeness (QED) is 0.612. The van der Waals surface area contributed by atoms with E-state index in [0.29, 0.717) is 0 Å². The van der Waals surface area contributed by atoms with E-state index < -0.39 is 0 Å². The summed E-state index contributed by atoms with van der Waals surface area (Å²) in [4.78, 5) is 11.2. The molecule has 0 aliphatic carbocycles. The molecule has 0 bridgehead atoms. The van der Waals surface area contributed by atoms with Gasteiger partial charge in [0.05, 0.1) is 14.2 Å². The van der Waals surface area contributed by atoms with E-state index in [1.165, 1.54) is 0 Å². The fourth-order valence-electron chi connectivity index (χ4n) is 1.95. The SMILES string of the molecule is COc1cc(/C=C/c2ccc(C(C)=O)cc2)cc(OC)c1. The summed E-state index contributed by atoms with van der Waals surface area (Å²) in [7, 11) is 3.26.